The lowest BCUT2D eigenvalue weighted by atomic mass is 9.84. The van der Waals surface area contributed by atoms with Crippen LogP contribution in [0.25, 0.3) is 0 Å². The van der Waals surface area contributed by atoms with Crippen LogP contribution in [0.1, 0.15) is 62.3 Å². The first-order valence-corrected chi connectivity index (χ1v) is 8.50. The minimum atomic E-state index is -0.550. The second kappa shape index (κ2) is 5.35. The van der Waals surface area contributed by atoms with Crippen molar-refractivity contribution in [3.05, 3.63) is 17.5 Å². The van der Waals surface area contributed by atoms with Crippen molar-refractivity contribution in [3.8, 4) is 0 Å². The van der Waals surface area contributed by atoms with E-state index in [1.165, 1.54) is 0 Å². The van der Waals surface area contributed by atoms with Gasteiger partial charge < -0.3 is 14.2 Å². The number of ether oxygens (including phenoxy) is 1. The van der Waals surface area contributed by atoms with Gasteiger partial charge in [0.1, 0.15) is 17.1 Å². The largest absolute Gasteiger partial charge is 0.458 e. The second-order valence-corrected chi connectivity index (χ2v) is 7.19. The van der Waals surface area contributed by atoms with Crippen LogP contribution in [0.3, 0.4) is 0 Å². The zero-order valence-corrected chi connectivity index (χ0v) is 13.4. The highest BCUT2D eigenvalue weighted by atomic mass is 16.6. The predicted octanol–water partition coefficient (Wildman–Crippen LogP) is 2.39. The molecule has 23 heavy (non-hydrogen) atoms. The molecule has 3 aliphatic rings. The second-order valence-electron chi connectivity index (χ2n) is 7.19. The van der Waals surface area contributed by atoms with E-state index in [4.69, 9.17) is 9.26 Å². The van der Waals surface area contributed by atoms with Gasteiger partial charge >= 0.3 is 5.97 Å². The van der Waals surface area contributed by atoms with E-state index in [1.807, 2.05) is 6.07 Å². The number of carbonyl (C=O) groups is 2. The summed E-state index contributed by atoms with van der Waals surface area (Å²) in [5.41, 5.74) is 0.222. The number of rotatable bonds is 4. The molecule has 3 fully saturated rings. The van der Waals surface area contributed by atoms with Gasteiger partial charge in [0, 0.05) is 19.0 Å². The van der Waals surface area contributed by atoms with Crippen LogP contribution in [0.4, 0.5) is 0 Å². The Bertz CT molecular complexity index is 628. The van der Waals surface area contributed by atoms with Crippen LogP contribution in [0.2, 0.25) is 0 Å². The zero-order chi connectivity index (χ0) is 16.0. The number of hydrogen-bond donors (Lipinski definition) is 0. The van der Waals surface area contributed by atoms with Gasteiger partial charge in [-0.15, -0.1) is 0 Å². The average Bonchev–Trinajstić information content (AvgIpc) is 2.95. The summed E-state index contributed by atoms with van der Waals surface area (Å²) in [7, 11) is 1.76. The Morgan fingerprint density at radius 2 is 2.13 bits per heavy atom. The Labute approximate surface area is 135 Å². The van der Waals surface area contributed by atoms with E-state index in [2.05, 4.69) is 5.16 Å². The molecule has 0 bridgehead atoms. The van der Waals surface area contributed by atoms with E-state index in [0.29, 0.717) is 12.5 Å². The van der Waals surface area contributed by atoms with Gasteiger partial charge in [0.05, 0.1) is 18.9 Å². The monoisotopic (exact) mass is 318 g/mol. The van der Waals surface area contributed by atoms with Crippen molar-refractivity contribution in [3.63, 3.8) is 0 Å². The van der Waals surface area contributed by atoms with Gasteiger partial charge in [-0.3, -0.25) is 9.59 Å². The Morgan fingerprint density at radius 1 is 1.39 bits per heavy atom. The Hall–Kier alpha value is -1.85. The molecule has 1 amide bonds. The van der Waals surface area contributed by atoms with E-state index in [9.17, 15) is 9.59 Å². The van der Waals surface area contributed by atoms with E-state index in [1.54, 1.807) is 11.9 Å². The third-order valence-corrected chi connectivity index (χ3v) is 5.40. The molecule has 4 rings (SSSR count). The predicted molar refractivity (Wildman–Crippen MR) is 80.4 cm³/mol. The molecule has 1 saturated heterocycles. The maximum Gasteiger partial charge on any atom is 0.307 e. The quantitative estimate of drug-likeness (QED) is 0.797. The van der Waals surface area contributed by atoms with Crippen molar-refractivity contribution in [1.29, 1.82) is 0 Å². The molecule has 124 valence electrons. The average molecular weight is 318 g/mol. The number of nitrogens with zero attached hydrogens (tertiary/aromatic N) is 2. The number of amides is 1. The molecule has 0 unspecified atom stereocenters. The molecule has 2 aliphatic carbocycles. The highest BCUT2D eigenvalue weighted by Gasteiger charge is 2.54. The lowest BCUT2D eigenvalue weighted by Crippen LogP contribution is -2.43. The van der Waals surface area contributed by atoms with E-state index in [-0.39, 0.29) is 24.2 Å². The topological polar surface area (TPSA) is 72.6 Å². The fourth-order valence-electron chi connectivity index (χ4n) is 3.98. The fraction of sp³-hybridized carbons (Fsp3) is 0.706. The molecule has 1 aliphatic heterocycles. The summed E-state index contributed by atoms with van der Waals surface area (Å²) in [4.78, 5) is 26.3. The zero-order valence-electron chi connectivity index (χ0n) is 13.4. The van der Waals surface area contributed by atoms with Crippen molar-refractivity contribution in [2.45, 2.75) is 63.0 Å². The molecule has 1 aromatic rings. The summed E-state index contributed by atoms with van der Waals surface area (Å²) >= 11 is 0. The third-order valence-electron chi connectivity index (χ3n) is 5.40. The van der Waals surface area contributed by atoms with Crippen LogP contribution < -0.4 is 0 Å². The summed E-state index contributed by atoms with van der Waals surface area (Å²) in [6.07, 6.45) is 6.18. The van der Waals surface area contributed by atoms with Crippen molar-refractivity contribution in [1.82, 2.24) is 10.1 Å². The number of hydrogen-bond acceptors (Lipinski definition) is 5. The smallest absolute Gasteiger partial charge is 0.307 e. The highest BCUT2D eigenvalue weighted by molar-refractivity contribution is 5.87. The lowest BCUT2D eigenvalue weighted by Gasteiger charge is -2.30. The van der Waals surface area contributed by atoms with Crippen LogP contribution in [-0.4, -0.2) is 34.6 Å². The fourth-order valence-corrected chi connectivity index (χ4v) is 3.98. The molecule has 6 nitrogen and oxygen atoms in total. The number of esters is 1. The minimum Gasteiger partial charge on any atom is -0.458 e. The molecule has 0 N–H and O–H groups in total. The standard InChI is InChI=1S/C17H22N2O4/c1-19(10-12-8-14(23-18-12)11-4-5-11)16(21)13-9-15(20)22-17(13)6-2-3-7-17/h8,11,13H,2-7,9-10H2,1H3/t13-/m0/s1. The summed E-state index contributed by atoms with van der Waals surface area (Å²) in [6.45, 7) is 0.413. The van der Waals surface area contributed by atoms with Gasteiger partial charge in [-0.25, -0.2) is 0 Å². The third kappa shape index (κ3) is 2.64. The van der Waals surface area contributed by atoms with E-state index < -0.39 is 5.60 Å². The molecular weight excluding hydrogens is 296 g/mol. The lowest BCUT2D eigenvalue weighted by molar-refractivity contribution is -0.151. The van der Waals surface area contributed by atoms with Crippen molar-refractivity contribution < 1.29 is 18.8 Å². The first-order valence-electron chi connectivity index (χ1n) is 8.50. The van der Waals surface area contributed by atoms with Gasteiger partial charge in [-0.1, -0.05) is 5.16 Å². The van der Waals surface area contributed by atoms with Gasteiger partial charge in [-0.2, -0.15) is 0 Å². The first kappa shape index (κ1) is 14.7. The Morgan fingerprint density at radius 3 is 2.83 bits per heavy atom. The van der Waals surface area contributed by atoms with Gasteiger partial charge in [0.25, 0.3) is 0 Å². The maximum absolute atomic E-state index is 12.8. The first-order chi connectivity index (χ1) is 11.1. The molecular formula is C17H22N2O4. The van der Waals surface area contributed by atoms with Crippen molar-refractivity contribution >= 4 is 11.9 Å². The molecule has 1 aromatic heterocycles. The SMILES string of the molecule is CN(Cc1cc(C2CC2)on1)C(=O)[C@@H]1CC(=O)OC12CCCC2. The van der Waals surface area contributed by atoms with Gasteiger partial charge in [0.2, 0.25) is 5.91 Å². The molecule has 1 spiro atoms. The minimum absolute atomic E-state index is 0.0197. The molecule has 1 atom stereocenters. The van der Waals surface area contributed by atoms with Crippen LogP contribution >= 0.6 is 0 Å². The van der Waals surface area contributed by atoms with Gasteiger partial charge in [-0.05, 0) is 38.5 Å². The summed E-state index contributed by atoms with van der Waals surface area (Å²) in [6, 6.07) is 1.95. The highest BCUT2D eigenvalue weighted by Crippen LogP contribution is 2.46. The van der Waals surface area contributed by atoms with Gasteiger partial charge in [0.15, 0.2) is 0 Å². The van der Waals surface area contributed by atoms with Crippen LogP contribution in [0.15, 0.2) is 10.6 Å². The van der Waals surface area contributed by atoms with E-state index in [0.717, 1.165) is 50.0 Å². The molecule has 0 aromatic carbocycles. The van der Waals surface area contributed by atoms with E-state index >= 15 is 0 Å². The molecule has 2 heterocycles. The van der Waals surface area contributed by atoms with Crippen molar-refractivity contribution in [2.75, 3.05) is 7.05 Å². The van der Waals surface area contributed by atoms with Crippen molar-refractivity contribution in [2.24, 2.45) is 5.92 Å². The maximum atomic E-state index is 12.8. The van der Waals surface area contributed by atoms with Crippen LogP contribution in [0.5, 0.6) is 0 Å². The normalized spacial score (nSPS) is 25.8. The molecule has 2 saturated carbocycles. The molecule has 6 heteroatoms. The summed E-state index contributed by atoms with van der Waals surface area (Å²) < 4.78 is 10.9. The molecule has 0 radical (unpaired) electrons. The Kier molecular flexibility index (Phi) is 3.43. The van der Waals surface area contributed by atoms with Crippen LogP contribution in [-0.2, 0) is 20.9 Å². The Balaban J connectivity index is 1.45. The summed E-state index contributed by atoms with van der Waals surface area (Å²) in [5.74, 6) is 0.828. The summed E-state index contributed by atoms with van der Waals surface area (Å²) in [5, 5.41) is 4.06. The van der Waals surface area contributed by atoms with Crippen LogP contribution in [0, 0.1) is 5.92 Å². The number of carbonyl (C=O) groups excluding carboxylic acids is 2. The number of aromatic nitrogens is 1.